The number of hydrogen-bond acceptors (Lipinski definition) is 2. The van der Waals surface area contributed by atoms with Gasteiger partial charge in [-0.25, -0.2) is 0 Å². The number of hydrogen-bond donors (Lipinski definition) is 1. The first-order valence-electron chi connectivity index (χ1n) is 7.80. The van der Waals surface area contributed by atoms with Gasteiger partial charge in [-0.05, 0) is 49.4 Å². The number of piperidine rings is 1. The molecule has 2 atom stereocenters. The van der Waals surface area contributed by atoms with Gasteiger partial charge in [0, 0.05) is 23.7 Å². The topological polar surface area (TPSA) is 29.3 Å². The lowest BCUT2D eigenvalue weighted by molar-refractivity contribution is 0.121. The Hall–Kier alpha value is -0.570. The number of halogens is 1. The van der Waals surface area contributed by atoms with Gasteiger partial charge in [-0.2, -0.15) is 0 Å². The molecule has 112 valence electrons. The molecule has 0 aliphatic carbocycles. The highest BCUT2D eigenvalue weighted by Crippen LogP contribution is 2.24. The van der Waals surface area contributed by atoms with Gasteiger partial charge in [-0.15, -0.1) is 0 Å². The molecule has 0 aromatic heterocycles. The van der Waals surface area contributed by atoms with E-state index < -0.39 is 0 Å². The second kappa shape index (κ2) is 7.44. The lowest BCUT2D eigenvalue weighted by Gasteiger charge is -2.37. The van der Waals surface area contributed by atoms with Crippen molar-refractivity contribution in [2.24, 2.45) is 11.7 Å². The van der Waals surface area contributed by atoms with Crippen LogP contribution in [0.2, 0.25) is 5.02 Å². The number of rotatable bonds is 5. The maximum atomic E-state index is 6.28. The van der Waals surface area contributed by atoms with Crippen LogP contribution in [0.1, 0.15) is 45.1 Å². The van der Waals surface area contributed by atoms with Gasteiger partial charge in [-0.3, -0.25) is 4.90 Å². The maximum Gasteiger partial charge on any atom is 0.0406 e. The van der Waals surface area contributed by atoms with E-state index in [1.54, 1.807) is 0 Å². The van der Waals surface area contributed by atoms with Gasteiger partial charge in [0.05, 0.1) is 0 Å². The molecule has 1 aromatic rings. The van der Waals surface area contributed by atoms with E-state index in [-0.39, 0.29) is 0 Å². The fourth-order valence-corrected chi connectivity index (χ4v) is 3.07. The summed E-state index contributed by atoms with van der Waals surface area (Å²) in [7, 11) is 0. The van der Waals surface area contributed by atoms with Crippen LogP contribution >= 0.6 is 11.6 Å². The Kier molecular flexibility index (Phi) is 5.88. The summed E-state index contributed by atoms with van der Waals surface area (Å²) in [5.74, 6) is 0.564. The molecule has 1 heterocycles. The minimum atomic E-state index is 0.311. The Labute approximate surface area is 128 Å². The maximum absolute atomic E-state index is 6.28. The zero-order valence-corrected chi connectivity index (χ0v) is 13.4. The Morgan fingerprint density at radius 1 is 1.25 bits per heavy atom. The monoisotopic (exact) mass is 294 g/mol. The van der Waals surface area contributed by atoms with Crippen LogP contribution in [0, 0.1) is 5.92 Å². The average molecular weight is 295 g/mol. The fraction of sp³-hybridized carbons (Fsp3) is 0.647. The van der Waals surface area contributed by atoms with E-state index in [0.717, 1.165) is 18.0 Å². The van der Waals surface area contributed by atoms with Crippen LogP contribution in [-0.2, 0) is 6.54 Å². The van der Waals surface area contributed by atoms with Gasteiger partial charge in [-0.1, -0.05) is 44.0 Å². The summed E-state index contributed by atoms with van der Waals surface area (Å²) < 4.78 is 0. The molecule has 0 saturated carbocycles. The van der Waals surface area contributed by atoms with E-state index in [0.29, 0.717) is 18.0 Å². The quantitative estimate of drug-likeness (QED) is 0.887. The Bertz CT molecular complexity index is 402. The van der Waals surface area contributed by atoms with Crippen molar-refractivity contribution >= 4 is 11.6 Å². The summed E-state index contributed by atoms with van der Waals surface area (Å²) in [4.78, 5) is 2.61. The molecular formula is C17H27ClN2. The standard InChI is InChI=1S/C17H27ClN2/c1-13(2)17(19)11-16-5-3-4-10-20(16)12-14-6-8-15(18)9-7-14/h6-9,13,16-17H,3-5,10-12,19H2,1-2H3. The number of nitrogens with zero attached hydrogens (tertiary/aromatic N) is 1. The molecule has 1 aliphatic rings. The number of nitrogens with two attached hydrogens (primary N) is 1. The van der Waals surface area contributed by atoms with E-state index >= 15 is 0 Å². The van der Waals surface area contributed by atoms with E-state index in [9.17, 15) is 0 Å². The van der Waals surface area contributed by atoms with E-state index in [1.807, 2.05) is 12.1 Å². The fourth-order valence-electron chi connectivity index (χ4n) is 2.95. The first-order valence-corrected chi connectivity index (χ1v) is 8.18. The number of likely N-dealkylation sites (tertiary alicyclic amines) is 1. The zero-order chi connectivity index (χ0) is 14.5. The SMILES string of the molecule is CC(C)C(N)CC1CCCCN1Cc1ccc(Cl)cc1. The summed E-state index contributed by atoms with van der Waals surface area (Å²) >= 11 is 5.96. The van der Waals surface area contributed by atoms with Crippen LogP contribution < -0.4 is 5.73 Å². The largest absolute Gasteiger partial charge is 0.327 e. The highest BCUT2D eigenvalue weighted by molar-refractivity contribution is 6.30. The molecular weight excluding hydrogens is 268 g/mol. The minimum absolute atomic E-state index is 0.311. The smallest absolute Gasteiger partial charge is 0.0406 e. The second-order valence-electron chi connectivity index (χ2n) is 6.39. The molecule has 1 aromatic carbocycles. The van der Waals surface area contributed by atoms with Crippen LogP contribution in [0.4, 0.5) is 0 Å². The molecule has 20 heavy (non-hydrogen) atoms. The van der Waals surface area contributed by atoms with Gasteiger partial charge in [0.1, 0.15) is 0 Å². The number of benzene rings is 1. The van der Waals surface area contributed by atoms with Crippen molar-refractivity contribution in [3.05, 3.63) is 34.9 Å². The van der Waals surface area contributed by atoms with Gasteiger partial charge < -0.3 is 5.73 Å². The second-order valence-corrected chi connectivity index (χ2v) is 6.83. The molecule has 2 N–H and O–H groups in total. The molecule has 0 amide bonds. The van der Waals surface area contributed by atoms with Crippen LogP contribution in [0.25, 0.3) is 0 Å². The van der Waals surface area contributed by atoms with Crippen molar-refractivity contribution in [1.82, 2.24) is 4.90 Å². The van der Waals surface area contributed by atoms with Crippen molar-refractivity contribution in [2.45, 2.75) is 58.2 Å². The van der Waals surface area contributed by atoms with Crippen LogP contribution in [0.15, 0.2) is 24.3 Å². The molecule has 1 saturated heterocycles. The molecule has 0 bridgehead atoms. The van der Waals surface area contributed by atoms with Gasteiger partial charge in [0.25, 0.3) is 0 Å². The zero-order valence-electron chi connectivity index (χ0n) is 12.7. The van der Waals surface area contributed by atoms with Crippen LogP contribution in [0.3, 0.4) is 0 Å². The molecule has 1 fully saturated rings. The predicted octanol–water partition coefficient (Wildman–Crippen LogP) is 4.07. The highest BCUT2D eigenvalue weighted by atomic mass is 35.5. The van der Waals surface area contributed by atoms with E-state index in [1.165, 1.54) is 31.4 Å². The molecule has 0 radical (unpaired) electrons. The predicted molar refractivity (Wildman–Crippen MR) is 86.9 cm³/mol. The summed E-state index contributed by atoms with van der Waals surface area (Å²) in [6, 6.07) is 9.18. The third-order valence-corrected chi connectivity index (χ3v) is 4.70. The van der Waals surface area contributed by atoms with Gasteiger partial charge >= 0.3 is 0 Å². The average Bonchev–Trinajstić information content (AvgIpc) is 2.43. The Morgan fingerprint density at radius 2 is 1.95 bits per heavy atom. The molecule has 0 spiro atoms. The van der Waals surface area contributed by atoms with Crippen molar-refractivity contribution in [3.63, 3.8) is 0 Å². The summed E-state index contributed by atoms with van der Waals surface area (Å²) in [5.41, 5.74) is 7.63. The molecule has 2 unspecified atom stereocenters. The van der Waals surface area contributed by atoms with Gasteiger partial charge in [0.15, 0.2) is 0 Å². The van der Waals surface area contributed by atoms with Crippen LogP contribution in [-0.4, -0.2) is 23.5 Å². The molecule has 2 rings (SSSR count). The van der Waals surface area contributed by atoms with E-state index in [2.05, 4.69) is 30.9 Å². The minimum Gasteiger partial charge on any atom is -0.327 e. The van der Waals surface area contributed by atoms with Gasteiger partial charge in [0.2, 0.25) is 0 Å². The van der Waals surface area contributed by atoms with Crippen LogP contribution in [0.5, 0.6) is 0 Å². The van der Waals surface area contributed by atoms with Crippen molar-refractivity contribution in [1.29, 1.82) is 0 Å². The lowest BCUT2D eigenvalue weighted by atomic mass is 9.91. The Balaban J connectivity index is 1.97. The highest BCUT2D eigenvalue weighted by Gasteiger charge is 2.25. The summed E-state index contributed by atoms with van der Waals surface area (Å²) in [6.07, 6.45) is 5.05. The summed E-state index contributed by atoms with van der Waals surface area (Å²) in [5, 5.41) is 0.811. The molecule has 2 nitrogen and oxygen atoms in total. The normalized spacial score (nSPS) is 22.1. The molecule has 1 aliphatic heterocycles. The van der Waals surface area contributed by atoms with Crippen molar-refractivity contribution in [2.75, 3.05) is 6.54 Å². The first kappa shape index (κ1) is 15.8. The molecule has 3 heteroatoms. The van der Waals surface area contributed by atoms with E-state index in [4.69, 9.17) is 17.3 Å². The van der Waals surface area contributed by atoms with Crippen molar-refractivity contribution in [3.8, 4) is 0 Å². The first-order chi connectivity index (χ1) is 9.56. The Morgan fingerprint density at radius 3 is 2.60 bits per heavy atom. The van der Waals surface area contributed by atoms with Crippen molar-refractivity contribution < 1.29 is 0 Å². The lowest BCUT2D eigenvalue weighted by Crippen LogP contribution is -2.43. The summed E-state index contributed by atoms with van der Waals surface area (Å²) in [6.45, 7) is 6.65. The third kappa shape index (κ3) is 4.47. The third-order valence-electron chi connectivity index (χ3n) is 4.45.